The maximum absolute atomic E-state index is 12.9. The zero-order valence-electron chi connectivity index (χ0n) is 19.4. The summed E-state index contributed by atoms with van der Waals surface area (Å²) in [4.78, 5) is 25.6. The molecule has 33 heavy (non-hydrogen) atoms. The predicted molar refractivity (Wildman–Crippen MR) is 137 cm³/mol. The number of anilines is 1. The van der Waals surface area contributed by atoms with E-state index >= 15 is 0 Å². The molecule has 7 heteroatoms. The molecular weight excluding hydrogens is 502 g/mol. The third-order valence-corrected chi connectivity index (χ3v) is 6.49. The number of carbonyl (C=O) groups excluding carboxylic acids is 2. The van der Waals surface area contributed by atoms with Gasteiger partial charge in [-0.3, -0.25) is 4.79 Å². The number of carbonyl (C=O) groups is 2. The number of thiophene rings is 1. The van der Waals surface area contributed by atoms with Gasteiger partial charge in [0.05, 0.1) is 6.61 Å². The van der Waals surface area contributed by atoms with Crippen molar-refractivity contribution in [2.75, 3.05) is 11.9 Å². The molecule has 1 N–H and O–H groups in total. The molecule has 0 fully saturated rings. The van der Waals surface area contributed by atoms with E-state index < -0.39 is 12.1 Å². The van der Waals surface area contributed by atoms with Crippen LogP contribution in [0.15, 0.2) is 58.4 Å². The standard InChI is InChI=1S/C26H28BrNO4S/c1-6-31-25(30)22-21(17-7-11-19(27)12-8-17)15-33-24(22)28-23(29)16(2)32-20-13-9-18(10-14-20)26(3,4)5/h7-16H,6H2,1-5H3,(H,28,29). The molecule has 0 spiro atoms. The Hall–Kier alpha value is -2.64. The van der Waals surface area contributed by atoms with Gasteiger partial charge in [-0.1, -0.05) is 61.0 Å². The molecule has 1 amide bonds. The minimum absolute atomic E-state index is 0.0384. The summed E-state index contributed by atoms with van der Waals surface area (Å²) in [5, 5.41) is 5.14. The third kappa shape index (κ3) is 6.24. The summed E-state index contributed by atoms with van der Waals surface area (Å²) >= 11 is 4.71. The van der Waals surface area contributed by atoms with Crippen molar-refractivity contribution in [3.8, 4) is 16.9 Å². The molecule has 1 aromatic heterocycles. The van der Waals surface area contributed by atoms with Gasteiger partial charge < -0.3 is 14.8 Å². The summed E-state index contributed by atoms with van der Waals surface area (Å²) < 4.78 is 12.0. The lowest BCUT2D eigenvalue weighted by Gasteiger charge is -2.20. The monoisotopic (exact) mass is 529 g/mol. The van der Waals surface area contributed by atoms with Gasteiger partial charge in [-0.25, -0.2) is 4.79 Å². The molecule has 1 atom stereocenters. The van der Waals surface area contributed by atoms with Gasteiger partial charge in [-0.05, 0) is 54.7 Å². The van der Waals surface area contributed by atoms with Crippen molar-refractivity contribution in [1.29, 1.82) is 0 Å². The molecule has 3 aromatic rings. The van der Waals surface area contributed by atoms with E-state index in [2.05, 4.69) is 42.0 Å². The van der Waals surface area contributed by atoms with Gasteiger partial charge in [0.1, 0.15) is 16.3 Å². The fourth-order valence-electron chi connectivity index (χ4n) is 3.20. The lowest BCUT2D eigenvalue weighted by Crippen LogP contribution is -2.30. The van der Waals surface area contributed by atoms with Crippen LogP contribution in [0, 0.1) is 0 Å². The highest BCUT2D eigenvalue weighted by Crippen LogP contribution is 2.37. The maximum atomic E-state index is 12.9. The zero-order chi connectivity index (χ0) is 24.2. The van der Waals surface area contributed by atoms with E-state index in [1.807, 2.05) is 53.9 Å². The molecule has 2 aromatic carbocycles. The van der Waals surface area contributed by atoms with Gasteiger partial charge in [0.25, 0.3) is 5.91 Å². The topological polar surface area (TPSA) is 64.6 Å². The first-order chi connectivity index (χ1) is 15.6. The smallest absolute Gasteiger partial charge is 0.341 e. The van der Waals surface area contributed by atoms with Gasteiger partial charge in [-0.2, -0.15) is 0 Å². The van der Waals surface area contributed by atoms with Crippen LogP contribution in [0.5, 0.6) is 5.75 Å². The Morgan fingerprint density at radius 1 is 1.06 bits per heavy atom. The highest BCUT2D eigenvalue weighted by Gasteiger charge is 2.25. The third-order valence-electron chi connectivity index (χ3n) is 5.06. The lowest BCUT2D eigenvalue weighted by atomic mass is 9.87. The average molecular weight is 530 g/mol. The van der Waals surface area contributed by atoms with Gasteiger partial charge in [0.15, 0.2) is 6.10 Å². The highest BCUT2D eigenvalue weighted by atomic mass is 79.9. The van der Waals surface area contributed by atoms with Crippen molar-refractivity contribution in [3.63, 3.8) is 0 Å². The number of nitrogens with one attached hydrogen (secondary N) is 1. The van der Waals surface area contributed by atoms with Crippen LogP contribution in [0.25, 0.3) is 11.1 Å². The Labute approximate surface area is 207 Å². The zero-order valence-corrected chi connectivity index (χ0v) is 21.8. The fraction of sp³-hybridized carbons (Fsp3) is 0.308. The lowest BCUT2D eigenvalue weighted by molar-refractivity contribution is -0.122. The molecule has 0 radical (unpaired) electrons. The first-order valence-corrected chi connectivity index (χ1v) is 12.4. The van der Waals surface area contributed by atoms with Gasteiger partial charge in [0, 0.05) is 15.4 Å². The number of rotatable bonds is 7. The summed E-state index contributed by atoms with van der Waals surface area (Å²) in [6.45, 7) is 10.1. The van der Waals surface area contributed by atoms with E-state index in [0.717, 1.165) is 10.0 Å². The number of hydrogen-bond acceptors (Lipinski definition) is 5. The highest BCUT2D eigenvalue weighted by molar-refractivity contribution is 9.10. The molecule has 3 rings (SSSR count). The minimum Gasteiger partial charge on any atom is -0.481 e. The van der Waals surface area contributed by atoms with Crippen molar-refractivity contribution in [3.05, 3.63) is 69.5 Å². The van der Waals surface area contributed by atoms with E-state index in [4.69, 9.17) is 9.47 Å². The van der Waals surface area contributed by atoms with Crippen LogP contribution in [0.3, 0.4) is 0 Å². The molecule has 174 valence electrons. The number of halogens is 1. The Morgan fingerprint density at radius 2 is 1.70 bits per heavy atom. The van der Waals surface area contributed by atoms with E-state index in [9.17, 15) is 9.59 Å². The molecule has 0 bridgehead atoms. The molecule has 0 aliphatic carbocycles. The number of esters is 1. The summed E-state index contributed by atoms with van der Waals surface area (Å²) in [6, 6.07) is 15.4. The van der Waals surface area contributed by atoms with Gasteiger partial charge in [0.2, 0.25) is 0 Å². The average Bonchev–Trinajstić information content (AvgIpc) is 3.17. The number of benzene rings is 2. The van der Waals surface area contributed by atoms with Crippen LogP contribution in [-0.2, 0) is 14.9 Å². The fourth-order valence-corrected chi connectivity index (χ4v) is 4.43. The van der Waals surface area contributed by atoms with Crippen molar-refractivity contribution in [2.45, 2.75) is 46.1 Å². The molecule has 0 aliphatic rings. The Kier molecular flexibility index (Phi) is 7.97. The normalized spacial score (nSPS) is 12.2. The van der Waals surface area contributed by atoms with E-state index in [1.54, 1.807) is 13.8 Å². The largest absolute Gasteiger partial charge is 0.481 e. The van der Waals surface area contributed by atoms with E-state index in [0.29, 0.717) is 21.9 Å². The van der Waals surface area contributed by atoms with Crippen LogP contribution in [0.4, 0.5) is 5.00 Å². The van der Waals surface area contributed by atoms with Gasteiger partial charge in [-0.15, -0.1) is 11.3 Å². The van der Waals surface area contributed by atoms with Crippen LogP contribution < -0.4 is 10.1 Å². The van der Waals surface area contributed by atoms with Crippen LogP contribution in [0.1, 0.15) is 50.5 Å². The number of amides is 1. The Balaban J connectivity index is 1.79. The summed E-state index contributed by atoms with van der Waals surface area (Å²) in [5.74, 6) is -0.207. The second-order valence-corrected chi connectivity index (χ2v) is 10.4. The quantitative estimate of drug-likeness (QED) is 0.332. The molecule has 5 nitrogen and oxygen atoms in total. The van der Waals surface area contributed by atoms with Crippen molar-refractivity contribution < 1.29 is 19.1 Å². The first-order valence-electron chi connectivity index (χ1n) is 10.7. The predicted octanol–water partition coefficient (Wildman–Crippen LogP) is 7.06. The molecular formula is C26H28BrNO4S. The molecule has 1 heterocycles. The first kappa shape index (κ1) is 25.0. The second-order valence-electron chi connectivity index (χ2n) is 8.60. The van der Waals surface area contributed by atoms with Crippen molar-refractivity contribution in [1.82, 2.24) is 0 Å². The molecule has 0 saturated heterocycles. The number of ether oxygens (including phenoxy) is 2. The summed E-state index contributed by atoms with van der Waals surface area (Å²) in [5.41, 5.74) is 3.15. The van der Waals surface area contributed by atoms with Crippen molar-refractivity contribution in [2.24, 2.45) is 0 Å². The second kappa shape index (κ2) is 10.5. The molecule has 0 saturated carbocycles. The van der Waals surface area contributed by atoms with Crippen LogP contribution >= 0.6 is 27.3 Å². The maximum Gasteiger partial charge on any atom is 0.341 e. The van der Waals surface area contributed by atoms with E-state index in [1.165, 1.54) is 16.9 Å². The van der Waals surface area contributed by atoms with Crippen LogP contribution in [-0.4, -0.2) is 24.6 Å². The summed E-state index contributed by atoms with van der Waals surface area (Å²) in [6.07, 6.45) is -0.751. The number of hydrogen-bond donors (Lipinski definition) is 1. The SMILES string of the molecule is CCOC(=O)c1c(-c2ccc(Br)cc2)csc1NC(=O)C(C)Oc1ccc(C(C)(C)C)cc1. The van der Waals surface area contributed by atoms with E-state index in [-0.39, 0.29) is 17.9 Å². The summed E-state index contributed by atoms with van der Waals surface area (Å²) in [7, 11) is 0. The van der Waals surface area contributed by atoms with Gasteiger partial charge >= 0.3 is 5.97 Å². The molecule has 1 unspecified atom stereocenters. The Morgan fingerprint density at radius 3 is 2.27 bits per heavy atom. The van der Waals surface area contributed by atoms with Crippen LogP contribution in [0.2, 0.25) is 0 Å². The Bertz CT molecular complexity index is 1110. The minimum atomic E-state index is -0.751. The van der Waals surface area contributed by atoms with Crippen molar-refractivity contribution >= 4 is 44.1 Å². The molecule has 0 aliphatic heterocycles.